The fraction of sp³-hybridized carbons (Fsp3) is 0.583. The molecule has 1 aromatic rings. The van der Waals surface area contributed by atoms with Gasteiger partial charge < -0.3 is 11.1 Å². The largest absolute Gasteiger partial charge is 0.369 e. The number of halogens is 1. The highest BCUT2D eigenvalue weighted by Crippen LogP contribution is 2.12. The van der Waals surface area contributed by atoms with Gasteiger partial charge in [0.05, 0.1) is 6.20 Å². The predicted molar refractivity (Wildman–Crippen MR) is 64.7 cm³/mol. The summed E-state index contributed by atoms with van der Waals surface area (Å²) < 4.78 is 12.6. The molecule has 0 fully saturated rings. The number of nitrogens with two attached hydrogens (primary N) is 1. The van der Waals surface area contributed by atoms with Gasteiger partial charge in [-0.15, -0.1) is 0 Å². The molecule has 4 heteroatoms. The van der Waals surface area contributed by atoms with Crippen LogP contribution in [-0.2, 0) is 0 Å². The second kappa shape index (κ2) is 6.43. The van der Waals surface area contributed by atoms with E-state index in [1.165, 1.54) is 12.3 Å². The molecule has 0 aliphatic carbocycles. The molecule has 0 saturated carbocycles. The number of nitrogens with zero attached hydrogens (tertiary/aromatic N) is 1. The number of aromatic nitrogens is 1. The van der Waals surface area contributed by atoms with E-state index < -0.39 is 0 Å². The zero-order valence-electron chi connectivity index (χ0n) is 9.91. The molecule has 0 amide bonds. The van der Waals surface area contributed by atoms with E-state index in [2.05, 4.69) is 24.1 Å². The van der Waals surface area contributed by atoms with Crippen LogP contribution in [0, 0.1) is 11.7 Å². The highest BCUT2D eigenvalue weighted by atomic mass is 19.1. The number of anilines is 1. The minimum Gasteiger partial charge on any atom is -0.369 e. The normalized spacial score (nSPS) is 12.8. The van der Waals surface area contributed by atoms with Crippen LogP contribution in [0.5, 0.6) is 0 Å². The second-order valence-corrected chi connectivity index (χ2v) is 3.98. The van der Waals surface area contributed by atoms with E-state index in [9.17, 15) is 4.39 Å². The summed E-state index contributed by atoms with van der Waals surface area (Å²) in [6.07, 6.45) is 3.36. The molecule has 0 bridgehead atoms. The van der Waals surface area contributed by atoms with E-state index in [1.807, 2.05) is 0 Å². The van der Waals surface area contributed by atoms with E-state index in [4.69, 9.17) is 5.73 Å². The number of rotatable bonds is 6. The van der Waals surface area contributed by atoms with Gasteiger partial charge in [0.25, 0.3) is 0 Å². The van der Waals surface area contributed by atoms with Crippen LogP contribution >= 0.6 is 0 Å². The first-order valence-electron chi connectivity index (χ1n) is 5.78. The summed E-state index contributed by atoms with van der Waals surface area (Å²) in [6, 6.07) is 3.12. The number of pyridine rings is 1. The fourth-order valence-electron chi connectivity index (χ4n) is 1.76. The van der Waals surface area contributed by atoms with Crippen LogP contribution in [-0.4, -0.2) is 17.6 Å². The molecule has 16 heavy (non-hydrogen) atoms. The van der Waals surface area contributed by atoms with Crippen molar-refractivity contribution in [2.45, 2.75) is 32.7 Å². The van der Waals surface area contributed by atoms with Gasteiger partial charge in [-0.05, 0) is 18.1 Å². The topological polar surface area (TPSA) is 50.9 Å². The zero-order chi connectivity index (χ0) is 12.0. The van der Waals surface area contributed by atoms with Crippen molar-refractivity contribution in [3.8, 4) is 0 Å². The first kappa shape index (κ1) is 12.9. The Hall–Kier alpha value is -1.16. The summed E-state index contributed by atoms with van der Waals surface area (Å²) in [5.74, 6) is 0.866. The van der Waals surface area contributed by atoms with Gasteiger partial charge in [-0.25, -0.2) is 9.37 Å². The molecule has 0 saturated heterocycles. The molecule has 90 valence electrons. The van der Waals surface area contributed by atoms with E-state index in [0.29, 0.717) is 18.3 Å². The maximum absolute atomic E-state index is 12.6. The molecule has 1 aromatic heterocycles. The number of hydrogen-bond acceptors (Lipinski definition) is 3. The van der Waals surface area contributed by atoms with E-state index >= 15 is 0 Å². The van der Waals surface area contributed by atoms with Crippen molar-refractivity contribution >= 4 is 5.82 Å². The molecule has 0 spiro atoms. The first-order valence-corrected chi connectivity index (χ1v) is 5.78. The van der Waals surface area contributed by atoms with Crippen LogP contribution in [0.15, 0.2) is 18.3 Å². The highest BCUT2D eigenvalue weighted by Gasteiger charge is 2.13. The molecule has 1 atom stereocenters. The van der Waals surface area contributed by atoms with Gasteiger partial charge in [-0.2, -0.15) is 0 Å². The van der Waals surface area contributed by atoms with Gasteiger partial charge >= 0.3 is 0 Å². The molecule has 0 aromatic carbocycles. The maximum Gasteiger partial charge on any atom is 0.141 e. The summed E-state index contributed by atoms with van der Waals surface area (Å²) >= 11 is 0. The smallest absolute Gasteiger partial charge is 0.141 e. The Morgan fingerprint density at radius 2 is 2.06 bits per heavy atom. The average molecular weight is 225 g/mol. The Morgan fingerprint density at radius 1 is 1.38 bits per heavy atom. The second-order valence-electron chi connectivity index (χ2n) is 3.98. The van der Waals surface area contributed by atoms with Gasteiger partial charge in [0, 0.05) is 12.6 Å². The molecule has 0 aliphatic heterocycles. The Balaban J connectivity index is 2.42. The molecule has 0 radical (unpaired) electrons. The van der Waals surface area contributed by atoms with Gasteiger partial charge in [0.1, 0.15) is 11.6 Å². The minimum atomic E-state index is -0.324. The van der Waals surface area contributed by atoms with Crippen molar-refractivity contribution < 1.29 is 4.39 Å². The molecule has 1 unspecified atom stereocenters. The molecule has 0 aliphatic rings. The van der Waals surface area contributed by atoms with Crippen LogP contribution < -0.4 is 11.1 Å². The van der Waals surface area contributed by atoms with Gasteiger partial charge in [0.15, 0.2) is 0 Å². The average Bonchev–Trinajstić information content (AvgIpc) is 2.30. The van der Waals surface area contributed by atoms with Crippen molar-refractivity contribution in [1.29, 1.82) is 0 Å². The Kier molecular flexibility index (Phi) is 5.19. The van der Waals surface area contributed by atoms with E-state index in [1.54, 1.807) is 6.07 Å². The van der Waals surface area contributed by atoms with Gasteiger partial charge in [-0.3, -0.25) is 0 Å². The third-order valence-electron chi connectivity index (χ3n) is 2.90. The standard InChI is InChI=1S/C12H20FN3/c1-3-9(4-2)11(14)8-16-12-6-5-10(13)7-15-12/h5-7,9,11H,3-4,8,14H2,1-2H3,(H,15,16). The van der Waals surface area contributed by atoms with E-state index in [-0.39, 0.29) is 11.9 Å². The van der Waals surface area contributed by atoms with Crippen molar-refractivity contribution in [3.63, 3.8) is 0 Å². The summed E-state index contributed by atoms with van der Waals surface area (Å²) in [5, 5.41) is 3.12. The Morgan fingerprint density at radius 3 is 2.56 bits per heavy atom. The molecule has 1 heterocycles. The molecule has 3 N–H and O–H groups in total. The fourth-order valence-corrected chi connectivity index (χ4v) is 1.76. The lowest BCUT2D eigenvalue weighted by atomic mass is 9.95. The van der Waals surface area contributed by atoms with Crippen molar-refractivity contribution in [1.82, 2.24) is 4.98 Å². The summed E-state index contributed by atoms with van der Waals surface area (Å²) in [6.45, 7) is 4.96. The maximum atomic E-state index is 12.6. The summed E-state index contributed by atoms with van der Waals surface area (Å²) in [7, 11) is 0. The van der Waals surface area contributed by atoms with Gasteiger partial charge in [0.2, 0.25) is 0 Å². The Labute approximate surface area is 96.3 Å². The van der Waals surface area contributed by atoms with E-state index in [0.717, 1.165) is 12.8 Å². The van der Waals surface area contributed by atoms with Crippen LogP contribution in [0.2, 0.25) is 0 Å². The van der Waals surface area contributed by atoms with Crippen molar-refractivity contribution in [3.05, 3.63) is 24.1 Å². The van der Waals surface area contributed by atoms with Crippen LogP contribution in [0.1, 0.15) is 26.7 Å². The predicted octanol–water partition coefficient (Wildman–Crippen LogP) is 2.40. The lowest BCUT2D eigenvalue weighted by Gasteiger charge is -2.21. The molecular formula is C12H20FN3. The lowest BCUT2D eigenvalue weighted by molar-refractivity contribution is 0.407. The summed E-state index contributed by atoms with van der Waals surface area (Å²) in [4.78, 5) is 3.92. The third kappa shape index (κ3) is 3.77. The zero-order valence-corrected chi connectivity index (χ0v) is 9.91. The Bertz CT molecular complexity index is 296. The lowest BCUT2D eigenvalue weighted by Crippen LogP contribution is -2.36. The molecule has 3 nitrogen and oxygen atoms in total. The SMILES string of the molecule is CCC(CC)C(N)CNc1ccc(F)cn1. The highest BCUT2D eigenvalue weighted by molar-refractivity contribution is 5.33. The van der Waals surface area contributed by atoms with Gasteiger partial charge in [-0.1, -0.05) is 26.7 Å². The van der Waals surface area contributed by atoms with Crippen molar-refractivity contribution in [2.75, 3.05) is 11.9 Å². The van der Waals surface area contributed by atoms with Crippen LogP contribution in [0.4, 0.5) is 10.2 Å². The molecular weight excluding hydrogens is 205 g/mol. The van der Waals surface area contributed by atoms with Crippen LogP contribution in [0.3, 0.4) is 0 Å². The molecule has 1 rings (SSSR count). The van der Waals surface area contributed by atoms with Crippen LogP contribution in [0.25, 0.3) is 0 Å². The van der Waals surface area contributed by atoms with Crippen molar-refractivity contribution in [2.24, 2.45) is 11.7 Å². The number of nitrogens with one attached hydrogen (secondary N) is 1. The third-order valence-corrected chi connectivity index (χ3v) is 2.90. The summed E-state index contributed by atoms with van der Waals surface area (Å²) in [5.41, 5.74) is 6.05. The minimum absolute atomic E-state index is 0.113. The monoisotopic (exact) mass is 225 g/mol. The quantitative estimate of drug-likeness (QED) is 0.781. The number of hydrogen-bond donors (Lipinski definition) is 2. The first-order chi connectivity index (χ1) is 7.67.